The molecule has 0 aliphatic carbocycles. The smallest absolute Gasteiger partial charge is 0.413 e. The minimum absolute atomic E-state index is 0. The molecule has 38 heavy (non-hydrogen) atoms. The molecular formula is C27H30FN7O3. The van der Waals surface area contributed by atoms with Crippen LogP contribution in [0.1, 0.15) is 20.0 Å². The lowest BCUT2D eigenvalue weighted by molar-refractivity contribution is -0.134. The molecule has 1 aliphatic rings. The second kappa shape index (κ2) is 11.3. The van der Waals surface area contributed by atoms with Crippen molar-refractivity contribution in [2.24, 2.45) is 0 Å². The summed E-state index contributed by atoms with van der Waals surface area (Å²) in [5.41, 5.74) is 4.09. The molecule has 10 nitrogen and oxygen atoms in total. The normalized spacial score (nSPS) is 13.9. The summed E-state index contributed by atoms with van der Waals surface area (Å²) in [4.78, 5) is 44.0. The van der Waals surface area contributed by atoms with Crippen LogP contribution in [0.25, 0.3) is 33.4 Å². The van der Waals surface area contributed by atoms with Gasteiger partial charge < -0.3 is 14.6 Å². The van der Waals surface area contributed by atoms with Crippen molar-refractivity contribution >= 4 is 29.0 Å². The maximum absolute atomic E-state index is 14.7. The van der Waals surface area contributed by atoms with Crippen LogP contribution in [0.2, 0.25) is 0 Å². The Morgan fingerprint density at radius 3 is 2.74 bits per heavy atom. The molecule has 198 valence electrons. The first kappa shape index (κ1) is 26.7. The zero-order valence-electron chi connectivity index (χ0n) is 20.5. The van der Waals surface area contributed by atoms with Gasteiger partial charge in [0.15, 0.2) is 0 Å². The van der Waals surface area contributed by atoms with Crippen LogP contribution >= 0.6 is 0 Å². The number of likely N-dealkylation sites (N-methyl/N-ethyl adjacent to an activating group) is 1. The largest absolute Gasteiger partial charge is 0.450 e. The lowest BCUT2D eigenvalue weighted by atomic mass is 10.0. The van der Waals surface area contributed by atoms with Crippen LogP contribution in [0.15, 0.2) is 48.8 Å². The third-order valence-corrected chi connectivity index (χ3v) is 6.18. The van der Waals surface area contributed by atoms with Gasteiger partial charge in [0.25, 0.3) is 0 Å². The summed E-state index contributed by atoms with van der Waals surface area (Å²) in [5, 5.41) is 2.55. The summed E-state index contributed by atoms with van der Waals surface area (Å²) in [6.45, 7) is 4.36. The van der Waals surface area contributed by atoms with E-state index >= 15 is 0 Å². The van der Waals surface area contributed by atoms with Gasteiger partial charge in [-0.1, -0.05) is 13.5 Å². The van der Waals surface area contributed by atoms with E-state index in [1.165, 1.54) is 18.3 Å². The van der Waals surface area contributed by atoms with Crippen molar-refractivity contribution in [2.75, 3.05) is 38.6 Å². The highest BCUT2D eigenvalue weighted by atomic mass is 19.1. The molecule has 1 aromatic carbocycles. The molecule has 2 N–H and O–H groups in total. The number of hydrogen-bond acceptors (Lipinski definition) is 7. The lowest BCUT2D eigenvalue weighted by Gasteiger charge is -2.31. The Hall–Kier alpha value is -4.38. The van der Waals surface area contributed by atoms with Crippen LogP contribution in [-0.2, 0) is 16.1 Å². The van der Waals surface area contributed by atoms with Crippen molar-refractivity contribution in [1.82, 2.24) is 29.7 Å². The Morgan fingerprint density at radius 1 is 1.18 bits per heavy atom. The van der Waals surface area contributed by atoms with E-state index in [9.17, 15) is 14.0 Å². The van der Waals surface area contributed by atoms with Crippen LogP contribution in [0.3, 0.4) is 0 Å². The van der Waals surface area contributed by atoms with Gasteiger partial charge in [-0.05, 0) is 42.8 Å². The second-order valence-electron chi connectivity index (χ2n) is 8.75. The number of benzene rings is 1. The number of piperazine rings is 1. The minimum atomic E-state index is -0.644. The number of nitrogens with zero attached hydrogens (tertiary/aromatic N) is 5. The summed E-state index contributed by atoms with van der Waals surface area (Å²) < 4.78 is 19.7. The molecule has 0 unspecified atom stereocenters. The highest BCUT2D eigenvalue weighted by Gasteiger charge is 2.21. The van der Waals surface area contributed by atoms with Gasteiger partial charge in [-0.3, -0.25) is 25.0 Å². The lowest BCUT2D eigenvalue weighted by Crippen LogP contribution is -2.48. The summed E-state index contributed by atoms with van der Waals surface area (Å²) in [6, 6.07) is 10.4. The van der Waals surface area contributed by atoms with E-state index in [0.717, 1.165) is 23.4 Å². The van der Waals surface area contributed by atoms with E-state index in [0.29, 0.717) is 36.2 Å². The number of H-pyrrole nitrogens is 1. The minimum Gasteiger partial charge on any atom is -0.450 e. The molecule has 5 rings (SSSR count). The Labute approximate surface area is 219 Å². The van der Waals surface area contributed by atoms with E-state index in [4.69, 9.17) is 4.74 Å². The monoisotopic (exact) mass is 519 g/mol. The Bertz CT molecular complexity index is 1460. The molecule has 0 radical (unpaired) electrons. The zero-order chi connectivity index (χ0) is 25.9. The van der Waals surface area contributed by atoms with Crippen LogP contribution in [-0.4, -0.2) is 75.0 Å². The number of fused-ring (bicyclic) bond motifs is 1. The van der Waals surface area contributed by atoms with E-state index < -0.39 is 11.9 Å². The quantitative estimate of drug-likeness (QED) is 0.390. The molecule has 0 atom stereocenters. The summed E-state index contributed by atoms with van der Waals surface area (Å²) in [6.07, 6.45) is 2.62. The molecule has 11 heteroatoms. The summed E-state index contributed by atoms with van der Waals surface area (Å²) in [7, 11) is 1.81. The molecular weight excluding hydrogens is 489 g/mol. The van der Waals surface area contributed by atoms with E-state index in [-0.39, 0.29) is 31.6 Å². The van der Waals surface area contributed by atoms with Gasteiger partial charge in [-0.2, -0.15) is 0 Å². The van der Waals surface area contributed by atoms with Crippen molar-refractivity contribution < 1.29 is 18.7 Å². The standard InChI is InChI=1S/C26H26FN7O3.CH4/c1-3-37-26(36)32-25-30-21-12-17(11-19(24(21)31-25)23-20(27)5-4-8-28-23)16-6-7-18(29-13-16)14-34-10-9-33(2)22(35)15-34;/h4-8,11-13H,3,9-10,14-15H2,1-2H3,(H2,30,31,32,36);1H4. The van der Waals surface area contributed by atoms with Crippen LogP contribution < -0.4 is 5.32 Å². The number of carbonyl (C=O) groups excluding carboxylic acids is 2. The SMILES string of the molecule is C.CCOC(=O)Nc1nc2c(-c3ncccc3F)cc(-c3ccc(CN4CCN(C)C(=O)C4)nc3)cc2[nH]1. The predicted molar refractivity (Wildman–Crippen MR) is 143 cm³/mol. The van der Waals surface area contributed by atoms with Gasteiger partial charge in [0.05, 0.1) is 24.4 Å². The average Bonchev–Trinajstić information content (AvgIpc) is 3.29. The van der Waals surface area contributed by atoms with Crippen LogP contribution in [0.4, 0.5) is 15.1 Å². The first-order valence-corrected chi connectivity index (χ1v) is 11.9. The molecule has 3 aromatic heterocycles. The fraction of sp³-hybridized carbons (Fsp3) is 0.296. The molecule has 4 aromatic rings. The summed E-state index contributed by atoms with van der Waals surface area (Å²) in [5.74, 6) is -0.209. The molecule has 0 spiro atoms. The van der Waals surface area contributed by atoms with Gasteiger partial charge >= 0.3 is 6.09 Å². The van der Waals surface area contributed by atoms with Gasteiger partial charge in [0, 0.05) is 50.2 Å². The van der Waals surface area contributed by atoms with Crippen molar-refractivity contribution in [3.8, 4) is 22.4 Å². The first-order valence-electron chi connectivity index (χ1n) is 11.9. The highest BCUT2D eigenvalue weighted by molar-refractivity contribution is 5.97. The maximum Gasteiger partial charge on any atom is 0.413 e. The molecule has 1 aliphatic heterocycles. The van der Waals surface area contributed by atoms with E-state index in [1.807, 2.05) is 25.2 Å². The van der Waals surface area contributed by atoms with Gasteiger partial charge in [0.2, 0.25) is 11.9 Å². The zero-order valence-corrected chi connectivity index (χ0v) is 20.5. The van der Waals surface area contributed by atoms with Crippen molar-refractivity contribution in [1.29, 1.82) is 0 Å². The number of nitrogens with one attached hydrogen (secondary N) is 2. The number of aromatic amines is 1. The van der Waals surface area contributed by atoms with Crippen molar-refractivity contribution in [3.63, 3.8) is 0 Å². The number of pyridine rings is 2. The number of ether oxygens (including phenoxy) is 1. The third kappa shape index (κ3) is 5.62. The van der Waals surface area contributed by atoms with E-state index in [2.05, 4.69) is 30.2 Å². The topological polar surface area (TPSA) is 116 Å². The first-order chi connectivity index (χ1) is 17.9. The number of imidazole rings is 1. The van der Waals surface area contributed by atoms with Crippen molar-refractivity contribution in [2.45, 2.75) is 20.9 Å². The molecule has 1 saturated heterocycles. The fourth-order valence-corrected chi connectivity index (χ4v) is 4.23. The summed E-state index contributed by atoms with van der Waals surface area (Å²) >= 11 is 0. The Kier molecular flexibility index (Phi) is 7.96. The third-order valence-electron chi connectivity index (χ3n) is 6.18. The van der Waals surface area contributed by atoms with Gasteiger partial charge in [-0.15, -0.1) is 0 Å². The molecule has 0 bridgehead atoms. The average molecular weight is 520 g/mol. The van der Waals surface area contributed by atoms with Gasteiger partial charge in [0.1, 0.15) is 17.0 Å². The van der Waals surface area contributed by atoms with Crippen LogP contribution in [0.5, 0.6) is 0 Å². The Morgan fingerprint density at radius 2 is 2.03 bits per heavy atom. The molecule has 4 heterocycles. The highest BCUT2D eigenvalue weighted by Crippen LogP contribution is 2.34. The fourth-order valence-electron chi connectivity index (χ4n) is 4.23. The number of amides is 2. The van der Waals surface area contributed by atoms with Gasteiger partial charge in [-0.25, -0.2) is 14.2 Å². The number of aromatic nitrogens is 4. The second-order valence-corrected chi connectivity index (χ2v) is 8.75. The number of halogens is 1. The molecule has 1 fully saturated rings. The van der Waals surface area contributed by atoms with Crippen LogP contribution in [0, 0.1) is 5.82 Å². The van der Waals surface area contributed by atoms with Crippen molar-refractivity contribution in [3.05, 3.63) is 60.3 Å². The number of anilines is 1. The molecule has 2 amide bonds. The number of hydrogen-bond donors (Lipinski definition) is 2. The predicted octanol–water partition coefficient (Wildman–Crippen LogP) is 4.30. The number of rotatable bonds is 6. The number of carbonyl (C=O) groups is 2. The Balaban J connectivity index is 0.00000336. The maximum atomic E-state index is 14.7. The van der Waals surface area contributed by atoms with E-state index in [1.54, 1.807) is 24.1 Å². The molecule has 0 saturated carbocycles.